The molecular formula is C12H12F3N7S2. The largest absolute Gasteiger partial charge is 0.453 e. The summed E-state index contributed by atoms with van der Waals surface area (Å²) in [5.74, 6) is -1.16. The standard InChI is InChI=1S/C12H12F3N7S2/c1-11(2,3)16-9-19-20-10(24-9)23-7-5-4-6-17-18-8(12(13,14)15)22(6)21-7/h4-5H,1-3H3,(H,16,19). The van der Waals surface area contributed by atoms with Crippen molar-refractivity contribution in [1.29, 1.82) is 0 Å². The molecule has 0 unspecified atom stereocenters. The highest BCUT2D eigenvalue weighted by molar-refractivity contribution is 8.01. The van der Waals surface area contributed by atoms with Crippen molar-refractivity contribution < 1.29 is 13.2 Å². The number of halogens is 3. The second-order valence-electron chi connectivity index (χ2n) is 5.81. The Morgan fingerprint density at radius 3 is 2.50 bits per heavy atom. The summed E-state index contributed by atoms with van der Waals surface area (Å²) >= 11 is 2.42. The smallest absolute Gasteiger partial charge is 0.355 e. The van der Waals surface area contributed by atoms with Gasteiger partial charge in [0, 0.05) is 5.54 Å². The molecule has 3 rings (SSSR count). The molecule has 128 valence electrons. The summed E-state index contributed by atoms with van der Waals surface area (Å²) in [6.07, 6.45) is -4.62. The van der Waals surface area contributed by atoms with Crippen molar-refractivity contribution in [2.24, 2.45) is 0 Å². The summed E-state index contributed by atoms with van der Waals surface area (Å²) in [6, 6.07) is 2.99. The minimum atomic E-state index is -4.62. The normalized spacial score (nSPS) is 12.8. The van der Waals surface area contributed by atoms with E-state index in [4.69, 9.17) is 0 Å². The molecule has 0 spiro atoms. The van der Waals surface area contributed by atoms with Crippen molar-refractivity contribution in [3.63, 3.8) is 0 Å². The topological polar surface area (TPSA) is 80.9 Å². The molecule has 0 saturated carbocycles. The zero-order valence-corrected chi connectivity index (χ0v) is 14.4. The lowest BCUT2D eigenvalue weighted by atomic mass is 10.1. The van der Waals surface area contributed by atoms with E-state index in [1.807, 2.05) is 20.8 Å². The molecule has 0 aliphatic heterocycles. The van der Waals surface area contributed by atoms with E-state index in [1.165, 1.54) is 17.4 Å². The third kappa shape index (κ3) is 3.75. The van der Waals surface area contributed by atoms with Crippen LogP contribution in [-0.4, -0.2) is 35.5 Å². The SMILES string of the molecule is CC(C)(C)Nc1nnc(Sc2ccc3nnc(C(F)(F)F)n3n2)s1. The maximum Gasteiger partial charge on any atom is 0.453 e. The van der Waals surface area contributed by atoms with E-state index in [0.29, 0.717) is 19.0 Å². The number of nitrogens with one attached hydrogen (secondary N) is 1. The van der Waals surface area contributed by atoms with Crippen molar-refractivity contribution in [3.8, 4) is 0 Å². The van der Waals surface area contributed by atoms with Crippen molar-refractivity contribution in [2.75, 3.05) is 5.32 Å². The maximum atomic E-state index is 12.9. The molecule has 0 bridgehead atoms. The fourth-order valence-corrected chi connectivity index (χ4v) is 3.58. The molecule has 0 saturated heterocycles. The zero-order chi connectivity index (χ0) is 17.5. The third-order valence-electron chi connectivity index (χ3n) is 2.57. The lowest BCUT2D eigenvalue weighted by molar-refractivity contribution is -0.146. The number of alkyl halides is 3. The first-order chi connectivity index (χ1) is 11.1. The van der Waals surface area contributed by atoms with Crippen LogP contribution in [0.2, 0.25) is 0 Å². The monoisotopic (exact) mass is 375 g/mol. The quantitative estimate of drug-likeness (QED) is 0.752. The van der Waals surface area contributed by atoms with Gasteiger partial charge >= 0.3 is 6.18 Å². The Bertz CT molecular complexity index is 866. The predicted molar refractivity (Wildman–Crippen MR) is 83.2 cm³/mol. The number of nitrogens with zero attached hydrogens (tertiary/aromatic N) is 6. The van der Waals surface area contributed by atoms with Crippen LogP contribution in [0.5, 0.6) is 0 Å². The molecule has 24 heavy (non-hydrogen) atoms. The molecule has 0 aliphatic rings. The fourth-order valence-electron chi connectivity index (χ4n) is 1.72. The zero-order valence-electron chi connectivity index (χ0n) is 12.8. The predicted octanol–water partition coefficient (Wildman–Crippen LogP) is 3.36. The van der Waals surface area contributed by atoms with E-state index < -0.39 is 12.0 Å². The highest BCUT2D eigenvalue weighted by Crippen LogP contribution is 2.33. The molecule has 0 fully saturated rings. The van der Waals surface area contributed by atoms with Crippen molar-refractivity contribution in [2.45, 2.75) is 41.9 Å². The first-order valence-electron chi connectivity index (χ1n) is 6.71. The van der Waals surface area contributed by atoms with Crippen LogP contribution in [0.1, 0.15) is 26.6 Å². The van der Waals surface area contributed by atoms with E-state index in [0.717, 1.165) is 11.8 Å². The van der Waals surface area contributed by atoms with Gasteiger partial charge in [-0.2, -0.15) is 22.8 Å². The summed E-state index contributed by atoms with van der Waals surface area (Å²) in [7, 11) is 0. The van der Waals surface area contributed by atoms with Gasteiger partial charge in [0.2, 0.25) is 5.13 Å². The molecule has 0 radical (unpaired) electrons. The van der Waals surface area contributed by atoms with Crippen molar-refractivity contribution >= 4 is 33.9 Å². The van der Waals surface area contributed by atoms with Gasteiger partial charge in [0.25, 0.3) is 5.82 Å². The average molecular weight is 375 g/mol. The molecule has 3 aromatic heterocycles. The molecule has 7 nitrogen and oxygen atoms in total. The van der Waals surface area contributed by atoms with Crippen LogP contribution in [-0.2, 0) is 6.18 Å². The molecule has 12 heteroatoms. The number of rotatable bonds is 3. The molecule has 3 aromatic rings. The number of fused-ring (bicyclic) bond motifs is 1. The van der Waals surface area contributed by atoms with Crippen LogP contribution in [0.25, 0.3) is 5.65 Å². The fraction of sp³-hybridized carbons (Fsp3) is 0.417. The number of hydrogen-bond acceptors (Lipinski definition) is 8. The highest BCUT2D eigenvalue weighted by Gasteiger charge is 2.37. The van der Waals surface area contributed by atoms with Crippen LogP contribution < -0.4 is 5.32 Å². The Hall–Kier alpha value is -1.95. The molecule has 0 amide bonds. The van der Waals surface area contributed by atoms with Crippen molar-refractivity contribution in [1.82, 2.24) is 30.0 Å². The lowest BCUT2D eigenvalue weighted by Gasteiger charge is -2.18. The van der Waals surface area contributed by atoms with Gasteiger partial charge in [0.05, 0.1) is 0 Å². The second-order valence-corrected chi connectivity index (χ2v) is 8.06. The molecule has 1 N–H and O–H groups in total. The Morgan fingerprint density at radius 2 is 1.83 bits per heavy atom. The minimum Gasteiger partial charge on any atom is -0.355 e. The lowest BCUT2D eigenvalue weighted by Crippen LogP contribution is -2.25. The summed E-state index contributed by atoms with van der Waals surface area (Å²) in [6.45, 7) is 5.96. The van der Waals surface area contributed by atoms with Crippen LogP contribution >= 0.6 is 23.1 Å². The van der Waals surface area contributed by atoms with E-state index in [9.17, 15) is 13.2 Å². The second kappa shape index (κ2) is 5.84. The number of anilines is 1. The van der Waals surface area contributed by atoms with E-state index in [-0.39, 0.29) is 11.2 Å². The van der Waals surface area contributed by atoms with Crippen LogP contribution in [0.3, 0.4) is 0 Å². The van der Waals surface area contributed by atoms with E-state index in [2.05, 4.69) is 30.8 Å². The van der Waals surface area contributed by atoms with Gasteiger partial charge in [-0.25, -0.2) is 0 Å². The van der Waals surface area contributed by atoms with Crippen molar-refractivity contribution in [3.05, 3.63) is 18.0 Å². The third-order valence-corrected chi connectivity index (χ3v) is 4.39. The van der Waals surface area contributed by atoms with Gasteiger partial charge in [-0.05, 0) is 44.7 Å². The van der Waals surface area contributed by atoms with Gasteiger partial charge in [0.1, 0.15) is 5.03 Å². The van der Waals surface area contributed by atoms with Crippen LogP contribution in [0.15, 0.2) is 21.5 Å². The van der Waals surface area contributed by atoms with Crippen LogP contribution in [0.4, 0.5) is 18.3 Å². The van der Waals surface area contributed by atoms with Gasteiger partial charge in [-0.1, -0.05) is 11.3 Å². The summed E-state index contributed by atoms with van der Waals surface area (Å²) in [5.41, 5.74) is -0.137. The summed E-state index contributed by atoms with van der Waals surface area (Å²) < 4.78 is 39.9. The Morgan fingerprint density at radius 1 is 1.08 bits per heavy atom. The first-order valence-corrected chi connectivity index (χ1v) is 8.34. The molecule has 0 aliphatic carbocycles. The van der Waals surface area contributed by atoms with Gasteiger partial charge in [-0.3, -0.25) is 0 Å². The minimum absolute atomic E-state index is 0.0269. The van der Waals surface area contributed by atoms with Gasteiger partial charge in [0.15, 0.2) is 9.99 Å². The molecule has 0 aromatic carbocycles. The maximum absolute atomic E-state index is 12.9. The van der Waals surface area contributed by atoms with Gasteiger partial charge in [-0.15, -0.1) is 20.4 Å². The summed E-state index contributed by atoms with van der Waals surface area (Å²) in [5, 5.41) is 22.7. The number of hydrogen-bond donors (Lipinski definition) is 1. The Labute approximate surface area is 142 Å². The first kappa shape index (κ1) is 16.9. The highest BCUT2D eigenvalue weighted by atomic mass is 32.2. The molecular weight excluding hydrogens is 363 g/mol. The number of aromatic nitrogens is 6. The van der Waals surface area contributed by atoms with Gasteiger partial charge < -0.3 is 5.32 Å². The average Bonchev–Trinajstić information content (AvgIpc) is 3.02. The summed E-state index contributed by atoms with van der Waals surface area (Å²) in [4.78, 5) is 0. The van der Waals surface area contributed by atoms with E-state index in [1.54, 1.807) is 6.07 Å². The Balaban J connectivity index is 1.85. The van der Waals surface area contributed by atoms with Crippen LogP contribution in [0, 0.1) is 0 Å². The molecule has 3 heterocycles. The van der Waals surface area contributed by atoms with E-state index >= 15 is 0 Å². The molecule has 0 atom stereocenters. The Kier molecular flexibility index (Phi) is 4.11.